The van der Waals surface area contributed by atoms with E-state index in [1.54, 1.807) is 34.1 Å². The van der Waals surface area contributed by atoms with E-state index in [1.807, 2.05) is 0 Å². The number of hydrogen-bond donors (Lipinski definition) is 1. The Kier molecular flexibility index (Phi) is 2.98. The maximum absolute atomic E-state index is 12.5. The maximum Gasteiger partial charge on any atom is 0.256 e. The van der Waals surface area contributed by atoms with E-state index in [2.05, 4.69) is 0 Å². The predicted octanol–water partition coefficient (Wildman–Crippen LogP) is 0.630. The molecular formula is C14H16N2O3. The van der Waals surface area contributed by atoms with Crippen LogP contribution in [0.1, 0.15) is 23.2 Å². The first kappa shape index (κ1) is 12.2. The van der Waals surface area contributed by atoms with Gasteiger partial charge in [0, 0.05) is 13.1 Å². The van der Waals surface area contributed by atoms with Gasteiger partial charge in [-0.2, -0.15) is 0 Å². The van der Waals surface area contributed by atoms with Crippen molar-refractivity contribution in [1.29, 1.82) is 0 Å². The summed E-state index contributed by atoms with van der Waals surface area (Å²) in [5.41, 5.74) is 1.16. The van der Waals surface area contributed by atoms with Gasteiger partial charge < -0.3 is 14.9 Å². The minimum Gasteiger partial charge on any atom is -0.395 e. The lowest BCUT2D eigenvalue weighted by molar-refractivity contribution is -0.122. The van der Waals surface area contributed by atoms with Crippen LogP contribution in [-0.4, -0.2) is 47.6 Å². The van der Waals surface area contributed by atoms with Gasteiger partial charge >= 0.3 is 0 Å². The van der Waals surface area contributed by atoms with Crippen LogP contribution in [0, 0.1) is 0 Å². The molecule has 1 fully saturated rings. The number of amides is 2. The van der Waals surface area contributed by atoms with Crippen LogP contribution in [0.25, 0.3) is 0 Å². The van der Waals surface area contributed by atoms with E-state index in [1.165, 1.54) is 0 Å². The van der Waals surface area contributed by atoms with Gasteiger partial charge in [-0.3, -0.25) is 9.59 Å². The Labute approximate surface area is 111 Å². The highest BCUT2D eigenvalue weighted by Crippen LogP contribution is 2.31. The predicted molar refractivity (Wildman–Crippen MR) is 69.9 cm³/mol. The van der Waals surface area contributed by atoms with Crippen molar-refractivity contribution >= 4 is 17.5 Å². The van der Waals surface area contributed by atoms with Gasteiger partial charge in [-0.1, -0.05) is 12.1 Å². The third kappa shape index (κ3) is 1.81. The second-order valence-electron chi connectivity index (χ2n) is 4.89. The van der Waals surface area contributed by atoms with E-state index in [0.717, 1.165) is 6.42 Å². The van der Waals surface area contributed by atoms with E-state index in [9.17, 15) is 9.59 Å². The molecule has 0 spiro atoms. The molecule has 0 bridgehead atoms. The van der Waals surface area contributed by atoms with Crippen molar-refractivity contribution in [3.8, 4) is 0 Å². The van der Waals surface area contributed by atoms with Gasteiger partial charge in [0.25, 0.3) is 5.91 Å². The van der Waals surface area contributed by atoms with Gasteiger partial charge in [0.1, 0.15) is 6.04 Å². The van der Waals surface area contributed by atoms with Gasteiger partial charge in [-0.25, -0.2) is 0 Å². The number of aliphatic hydroxyl groups excluding tert-OH is 1. The summed E-state index contributed by atoms with van der Waals surface area (Å²) in [5, 5.41) is 9.17. The molecule has 1 aromatic carbocycles. The van der Waals surface area contributed by atoms with Crippen molar-refractivity contribution in [3.63, 3.8) is 0 Å². The third-order valence-electron chi connectivity index (χ3n) is 3.81. The summed E-state index contributed by atoms with van der Waals surface area (Å²) < 4.78 is 0. The van der Waals surface area contributed by atoms with Gasteiger partial charge in [0.05, 0.1) is 17.9 Å². The highest BCUT2D eigenvalue weighted by molar-refractivity contribution is 6.11. The Bertz CT molecular complexity index is 529. The Morgan fingerprint density at radius 1 is 1.26 bits per heavy atom. The number of rotatable bonds is 2. The minimum absolute atomic E-state index is 0.0770. The second-order valence-corrected chi connectivity index (χ2v) is 4.89. The Balaban J connectivity index is 2.13. The second kappa shape index (κ2) is 4.66. The lowest BCUT2D eigenvalue weighted by Crippen LogP contribution is -2.45. The average molecular weight is 260 g/mol. The molecule has 2 aliphatic heterocycles. The summed E-state index contributed by atoms with van der Waals surface area (Å²) >= 11 is 0. The Hall–Kier alpha value is -1.88. The van der Waals surface area contributed by atoms with E-state index < -0.39 is 0 Å². The van der Waals surface area contributed by atoms with E-state index in [-0.39, 0.29) is 31.0 Å². The topological polar surface area (TPSA) is 60.9 Å². The number of carbonyl (C=O) groups excluding carboxylic acids is 2. The van der Waals surface area contributed by atoms with Gasteiger partial charge in [-0.05, 0) is 25.0 Å². The first-order valence-corrected chi connectivity index (χ1v) is 6.56. The summed E-state index contributed by atoms with van der Waals surface area (Å²) in [4.78, 5) is 28.3. The fourth-order valence-corrected chi connectivity index (χ4v) is 2.94. The molecule has 2 heterocycles. The molecular weight excluding hydrogens is 244 g/mol. The third-order valence-corrected chi connectivity index (χ3v) is 3.81. The Morgan fingerprint density at radius 3 is 2.84 bits per heavy atom. The number of fused-ring (bicyclic) bond motifs is 2. The van der Waals surface area contributed by atoms with Gasteiger partial charge in [0.2, 0.25) is 5.91 Å². The highest BCUT2D eigenvalue weighted by atomic mass is 16.3. The molecule has 1 N–H and O–H groups in total. The molecule has 3 rings (SSSR count). The van der Waals surface area contributed by atoms with Crippen LogP contribution in [0.5, 0.6) is 0 Å². The van der Waals surface area contributed by atoms with Crippen LogP contribution in [0.15, 0.2) is 24.3 Å². The number of nitrogens with zero attached hydrogens (tertiary/aromatic N) is 2. The molecule has 0 radical (unpaired) electrons. The van der Waals surface area contributed by atoms with E-state index in [0.29, 0.717) is 24.2 Å². The first-order chi connectivity index (χ1) is 9.24. The zero-order chi connectivity index (χ0) is 13.4. The molecule has 0 unspecified atom stereocenters. The van der Waals surface area contributed by atoms with Crippen molar-refractivity contribution in [1.82, 2.24) is 4.90 Å². The number of hydrogen-bond acceptors (Lipinski definition) is 3. The van der Waals surface area contributed by atoms with E-state index in [4.69, 9.17) is 5.11 Å². The van der Waals surface area contributed by atoms with Crippen molar-refractivity contribution < 1.29 is 14.7 Å². The fourth-order valence-electron chi connectivity index (χ4n) is 2.94. The quantitative estimate of drug-likeness (QED) is 0.848. The Morgan fingerprint density at radius 2 is 2.05 bits per heavy atom. The lowest BCUT2D eigenvalue weighted by Gasteiger charge is -2.25. The standard InChI is InChI=1S/C14H16N2O3/c17-9-8-16-11-5-2-1-4-10(11)13(18)15-7-3-6-12(15)14(16)19/h1-2,4-5,12,17H,3,6-9H2/t12-/m0/s1. The molecule has 0 saturated carbocycles. The highest BCUT2D eigenvalue weighted by Gasteiger charge is 2.41. The molecule has 0 aromatic heterocycles. The minimum atomic E-state index is -0.369. The van der Waals surface area contributed by atoms with Crippen LogP contribution in [-0.2, 0) is 4.79 Å². The maximum atomic E-state index is 12.5. The van der Waals surface area contributed by atoms with Crippen molar-refractivity contribution in [2.45, 2.75) is 18.9 Å². The normalized spacial score (nSPS) is 22.3. The van der Waals surface area contributed by atoms with Gasteiger partial charge in [-0.15, -0.1) is 0 Å². The van der Waals surface area contributed by atoms with E-state index >= 15 is 0 Å². The number of carbonyl (C=O) groups is 2. The number of benzene rings is 1. The molecule has 2 aliphatic rings. The van der Waals surface area contributed by atoms with Crippen molar-refractivity contribution in [2.75, 3.05) is 24.6 Å². The van der Waals surface area contributed by atoms with Crippen LogP contribution in [0.4, 0.5) is 5.69 Å². The molecule has 2 amide bonds. The smallest absolute Gasteiger partial charge is 0.256 e. The van der Waals surface area contributed by atoms with Crippen LogP contribution in [0.3, 0.4) is 0 Å². The van der Waals surface area contributed by atoms with Crippen molar-refractivity contribution in [2.24, 2.45) is 0 Å². The van der Waals surface area contributed by atoms with Crippen LogP contribution >= 0.6 is 0 Å². The molecule has 1 saturated heterocycles. The fraction of sp³-hybridized carbons (Fsp3) is 0.429. The monoisotopic (exact) mass is 260 g/mol. The largest absolute Gasteiger partial charge is 0.395 e. The molecule has 100 valence electrons. The first-order valence-electron chi connectivity index (χ1n) is 6.56. The molecule has 1 atom stereocenters. The number of aliphatic hydroxyl groups is 1. The summed E-state index contributed by atoms with van der Waals surface area (Å²) in [6, 6.07) is 6.75. The summed E-state index contributed by atoms with van der Waals surface area (Å²) in [6.45, 7) is 0.755. The SMILES string of the molecule is O=C1[C@@H]2CCCN2C(=O)c2ccccc2N1CCO. The number of para-hydroxylation sites is 1. The zero-order valence-corrected chi connectivity index (χ0v) is 10.6. The summed E-state index contributed by atoms with van der Waals surface area (Å²) in [5.74, 6) is -0.156. The molecule has 19 heavy (non-hydrogen) atoms. The number of anilines is 1. The van der Waals surface area contributed by atoms with Crippen molar-refractivity contribution in [3.05, 3.63) is 29.8 Å². The summed E-state index contributed by atoms with van der Waals surface area (Å²) in [6.07, 6.45) is 1.57. The summed E-state index contributed by atoms with van der Waals surface area (Å²) in [7, 11) is 0. The lowest BCUT2D eigenvalue weighted by atomic mass is 10.1. The molecule has 5 heteroatoms. The van der Waals surface area contributed by atoms with Gasteiger partial charge in [0.15, 0.2) is 0 Å². The molecule has 0 aliphatic carbocycles. The average Bonchev–Trinajstić information content (AvgIpc) is 2.90. The van der Waals surface area contributed by atoms with Crippen LogP contribution < -0.4 is 4.90 Å². The zero-order valence-electron chi connectivity index (χ0n) is 10.6. The van der Waals surface area contributed by atoms with Crippen LogP contribution in [0.2, 0.25) is 0 Å². The molecule has 5 nitrogen and oxygen atoms in total. The number of β-amino-alcohol motifs (C(OH)–C–C–N with tert-alkyl or cyclic N) is 1. The molecule has 1 aromatic rings.